The highest BCUT2D eigenvalue weighted by molar-refractivity contribution is 7.98. The highest BCUT2D eigenvalue weighted by Crippen LogP contribution is 2.35. The van der Waals surface area contributed by atoms with Gasteiger partial charge in [-0.05, 0) is 37.7 Å². The van der Waals surface area contributed by atoms with Gasteiger partial charge in [-0.25, -0.2) is 0 Å². The summed E-state index contributed by atoms with van der Waals surface area (Å²) in [5, 5.41) is 12.0. The molecule has 1 aromatic rings. The van der Waals surface area contributed by atoms with E-state index in [4.69, 9.17) is 5.11 Å². The zero-order valence-electron chi connectivity index (χ0n) is 10.6. The quantitative estimate of drug-likeness (QED) is 0.791. The minimum atomic E-state index is -0.0283. The van der Waals surface area contributed by atoms with Crippen LogP contribution in [-0.4, -0.2) is 40.2 Å². The van der Waals surface area contributed by atoms with Gasteiger partial charge in [0.2, 0.25) is 0 Å². The molecule has 1 aliphatic rings. The van der Waals surface area contributed by atoms with Gasteiger partial charge in [-0.3, -0.25) is 4.79 Å². The Bertz CT molecular complexity index is 395. The Labute approximate surface area is 112 Å². The lowest BCUT2D eigenvalue weighted by Crippen LogP contribution is -2.38. The molecule has 1 fully saturated rings. The number of amides is 1. The molecule has 1 amide bonds. The third-order valence-corrected chi connectivity index (χ3v) is 3.87. The number of thioether (sulfide) groups is 1. The molecule has 5 heteroatoms. The third-order valence-electron chi connectivity index (χ3n) is 3.13. The van der Waals surface area contributed by atoms with E-state index in [0.717, 1.165) is 11.4 Å². The fourth-order valence-electron chi connectivity index (χ4n) is 2.07. The van der Waals surface area contributed by atoms with Gasteiger partial charge in [-0.15, -0.1) is 0 Å². The maximum atomic E-state index is 12.2. The monoisotopic (exact) mass is 268 g/mol. The maximum Gasteiger partial charge on any atom is 0.268 e. The van der Waals surface area contributed by atoms with Gasteiger partial charge in [-0.2, -0.15) is 11.8 Å². The van der Waals surface area contributed by atoms with E-state index in [1.807, 2.05) is 24.6 Å². The molecule has 0 aromatic carbocycles. The Kier molecular flexibility index (Phi) is 4.72. The average Bonchev–Trinajstić information content (AvgIpc) is 3.07. The first-order valence-corrected chi connectivity index (χ1v) is 7.73. The lowest BCUT2D eigenvalue weighted by Gasteiger charge is -2.17. The van der Waals surface area contributed by atoms with Crippen LogP contribution in [0.3, 0.4) is 0 Å². The van der Waals surface area contributed by atoms with E-state index in [9.17, 15) is 4.79 Å². The van der Waals surface area contributed by atoms with Crippen molar-refractivity contribution >= 4 is 17.7 Å². The lowest BCUT2D eigenvalue weighted by atomic mass is 10.2. The summed E-state index contributed by atoms with van der Waals surface area (Å²) in [6, 6.07) is 4.34. The van der Waals surface area contributed by atoms with Crippen molar-refractivity contribution in [2.24, 2.45) is 0 Å². The average molecular weight is 268 g/mol. The van der Waals surface area contributed by atoms with Crippen LogP contribution in [0, 0.1) is 0 Å². The summed E-state index contributed by atoms with van der Waals surface area (Å²) < 4.78 is 2.06. The molecule has 1 heterocycles. The number of carbonyl (C=O) groups excluding carboxylic acids is 1. The third kappa shape index (κ3) is 3.29. The Morgan fingerprint density at radius 1 is 1.67 bits per heavy atom. The maximum absolute atomic E-state index is 12.2. The second-order valence-electron chi connectivity index (χ2n) is 4.67. The zero-order valence-corrected chi connectivity index (χ0v) is 11.4. The van der Waals surface area contributed by atoms with Crippen molar-refractivity contribution in [3.8, 4) is 0 Å². The van der Waals surface area contributed by atoms with E-state index >= 15 is 0 Å². The minimum Gasteiger partial charge on any atom is -0.396 e. The van der Waals surface area contributed by atoms with Crippen LogP contribution in [0.4, 0.5) is 0 Å². The summed E-state index contributed by atoms with van der Waals surface area (Å²) in [5.41, 5.74) is 0.738. The van der Waals surface area contributed by atoms with Crippen LogP contribution < -0.4 is 5.32 Å². The SMILES string of the molecule is CSCC(CCO)NC(=O)c1cccn1C1CC1. The number of aliphatic hydroxyl groups excluding tert-OH is 1. The summed E-state index contributed by atoms with van der Waals surface area (Å²) in [6.07, 6.45) is 6.92. The van der Waals surface area contributed by atoms with Gasteiger partial charge in [0, 0.05) is 30.6 Å². The van der Waals surface area contributed by atoms with Gasteiger partial charge in [0.25, 0.3) is 5.91 Å². The number of nitrogens with one attached hydrogen (secondary N) is 1. The minimum absolute atomic E-state index is 0.0283. The Hall–Kier alpha value is -0.940. The van der Waals surface area contributed by atoms with Crippen molar-refractivity contribution in [3.63, 3.8) is 0 Å². The fraction of sp³-hybridized carbons (Fsp3) is 0.615. The lowest BCUT2D eigenvalue weighted by molar-refractivity contribution is 0.0925. The molecule has 0 spiro atoms. The molecule has 1 saturated carbocycles. The predicted octanol–water partition coefficient (Wildman–Crippen LogP) is 1.67. The van der Waals surface area contributed by atoms with Crippen LogP contribution >= 0.6 is 11.8 Å². The van der Waals surface area contributed by atoms with Gasteiger partial charge in [0.05, 0.1) is 0 Å². The van der Waals surface area contributed by atoms with Gasteiger partial charge in [0.15, 0.2) is 0 Å². The molecular weight excluding hydrogens is 248 g/mol. The van der Waals surface area contributed by atoms with Gasteiger partial charge >= 0.3 is 0 Å². The molecule has 2 rings (SSSR count). The smallest absolute Gasteiger partial charge is 0.268 e. The molecule has 100 valence electrons. The van der Waals surface area contributed by atoms with E-state index in [-0.39, 0.29) is 18.6 Å². The van der Waals surface area contributed by atoms with Crippen molar-refractivity contribution in [1.82, 2.24) is 9.88 Å². The van der Waals surface area contributed by atoms with E-state index in [2.05, 4.69) is 9.88 Å². The number of aromatic nitrogens is 1. The Morgan fingerprint density at radius 2 is 2.44 bits per heavy atom. The summed E-state index contributed by atoms with van der Waals surface area (Å²) >= 11 is 1.68. The molecule has 0 radical (unpaired) electrons. The molecule has 1 unspecified atom stereocenters. The number of nitrogens with zero attached hydrogens (tertiary/aromatic N) is 1. The normalized spacial score (nSPS) is 16.6. The molecule has 18 heavy (non-hydrogen) atoms. The molecule has 0 bridgehead atoms. The Balaban J connectivity index is 1.98. The van der Waals surface area contributed by atoms with E-state index in [0.29, 0.717) is 12.5 Å². The van der Waals surface area contributed by atoms with Crippen molar-refractivity contribution in [2.75, 3.05) is 18.6 Å². The number of rotatable bonds is 7. The molecule has 0 aliphatic heterocycles. The van der Waals surface area contributed by atoms with E-state index < -0.39 is 0 Å². The predicted molar refractivity (Wildman–Crippen MR) is 74.0 cm³/mol. The first-order chi connectivity index (χ1) is 8.76. The number of hydrogen-bond acceptors (Lipinski definition) is 3. The second kappa shape index (κ2) is 6.29. The fourth-order valence-corrected chi connectivity index (χ4v) is 2.72. The van der Waals surface area contributed by atoms with Crippen molar-refractivity contribution in [1.29, 1.82) is 0 Å². The molecule has 1 aliphatic carbocycles. The standard InChI is InChI=1S/C13H20N2O2S/c1-18-9-10(6-8-16)14-13(17)12-3-2-7-15(12)11-4-5-11/h2-3,7,10-11,16H,4-6,8-9H2,1H3,(H,14,17). The Morgan fingerprint density at radius 3 is 3.06 bits per heavy atom. The highest BCUT2D eigenvalue weighted by atomic mass is 32.2. The summed E-state index contributed by atoms with van der Waals surface area (Å²) in [7, 11) is 0. The van der Waals surface area contributed by atoms with Crippen LogP contribution in [-0.2, 0) is 0 Å². The largest absolute Gasteiger partial charge is 0.396 e. The van der Waals surface area contributed by atoms with Crippen LogP contribution in [0.25, 0.3) is 0 Å². The van der Waals surface area contributed by atoms with Gasteiger partial charge < -0.3 is 15.0 Å². The molecule has 1 aromatic heterocycles. The number of aliphatic hydroxyl groups is 1. The summed E-state index contributed by atoms with van der Waals surface area (Å²) in [5.74, 6) is 0.801. The van der Waals surface area contributed by atoms with Crippen LogP contribution in [0.15, 0.2) is 18.3 Å². The topological polar surface area (TPSA) is 54.3 Å². The van der Waals surface area contributed by atoms with Crippen molar-refractivity contribution < 1.29 is 9.90 Å². The zero-order chi connectivity index (χ0) is 13.0. The number of carbonyl (C=O) groups is 1. The van der Waals surface area contributed by atoms with Crippen molar-refractivity contribution in [3.05, 3.63) is 24.0 Å². The molecular formula is C13H20N2O2S. The second-order valence-corrected chi connectivity index (χ2v) is 5.58. The van der Waals surface area contributed by atoms with Gasteiger partial charge in [0.1, 0.15) is 5.69 Å². The molecule has 4 nitrogen and oxygen atoms in total. The van der Waals surface area contributed by atoms with Crippen LogP contribution in [0.1, 0.15) is 35.8 Å². The molecule has 1 atom stereocenters. The summed E-state index contributed by atoms with van der Waals surface area (Å²) in [6.45, 7) is 0.106. The van der Waals surface area contributed by atoms with E-state index in [1.54, 1.807) is 11.8 Å². The molecule has 0 saturated heterocycles. The summed E-state index contributed by atoms with van der Waals surface area (Å²) in [4.78, 5) is 12.2. The van der Waals surface area contributed by atoms with Crippen molar-refractivity contribution in [2.45, 2.75) is 31.3 Å². The first-order valence-electron chi connectivity index (χ1n) is 6.33. The van der Waals surface area contributed by atoms with Crippen LogP contribution in [0.2, 0.25) is 0 Å². The van der Waals surface area contributed by atoms with E-state index in [1.165, 1.54) is 12.8 Å². The first kappa shape index (κ1) is 13.5. The van der Waals surface area contributed by atoms with Crippen LogP contribution in [0.5, 0.6) is 0 Å². The molecule has 2 N–H and O–H groups in total. The highest BCUT2D eigenvalue weighted by Gasteiger charge is 2.27. The van der Waals surface area contributed by atoms with Gasteiger partial charge in [-0.1, -0.05) is 0 Å². The number of hydrogen-bond donors (Lipinski definition) is 2.